The second kappa shape index (κ2) is 11.6. The van der Waals surface area contributed by atoms with Crippen molar-refractivity contribution in [2.75, 3.05) is 6.61 Å². The molecule has 10 nitrogen and oxygen atoms in total. The number of ether oxygens (including phenoxy) is 1. The van der Waals surface area contributed by atoms with Crippen molar-refractivity contribution in [3.05, 3.63) is 0 Å². The first-order valence-corrected chi connectivity index (χ1v) is 5.73. The zero-order valence-electron chi connectivity index (χ0n) is 10.4. The number of rotatable bonds is 3. The molecule has 0 spiro atoms. The first kappa shape index (κ1) is 27.0. The Bertz CT molecular complexity index is 285. The number of hydrogen-bond acceptors (Lipinski definition) is 9. The van der Waals surface area contributed by atoms with E-state index in [9.17, 15) is 29.7 Å². The fourth-order valence-corrected chi connectivity index (χ4v) is 1.71. The number of aliphatic hydroxyl groups excluding tert-OH is 4. The van der Waals surface area contributed by atoms with Gasteiger partial charge in [-0.3, -0.25) is 0 Å². The molecular weight excluding hydrogens is 341 g/mol. The van der Waals surface area contributed by atoms with Crippen molar-refractivity contribution >= 4 is 7.82 Å². The zero-order chi connectivity index (χ0) is 12.5. The van der Waals surface area contributed by atoms with Crippen LogP contribution >= 0.6 is 7.82 Å². The first-order valence-electron chi connectivity index (χ1n) is 4.27. The van der Waals surface area contributed by atoms with Gasteiger partial charge in [0, 0.05) is 0 Å². The van der Waals surface area contributed by atoms with Gasteiger partial charge in [0.2, 0.25) is 0 Å². The van der Waals surface area contributed by atoms with Crippen LogP contribution in [-0.2, 0) is 13.8 Å². The van der Waals surface area contributed by atoms with E-state index in [0.29, 0.717) is 0 Å². The van der Waals surface area contributed by atoms with Crippen molar-refractivity contribution in [1.29, 1.82) is 0 Å². The third-order valence-corrected chi connectivity index (χ3v) is 2.55. The van der Waals surface area contributed by atoms with Crippen molar-refractivity contribution in [2.24, 2.45) is 0 Å². The van der Waals surface area contributed by atoms with Crippen LogP contribution in [0.3, 0.4) is 0 Å². The summed E-state index contributed by atoms with van der Waals surface area (Å²) >= 11 is 0. The second-order valence-corrected chi connectivity index (χ2v) is 4.36. The molecule has 0 aliphatic carbocycles. The molecule has 0 aromatic carbocycles. The predicted octanol–water partition coefficient (Wildman–Crippen LogP) is -11.2. The minimum atomic E-state index is -5.41. The maximum atomic E-state index is 10.3. The summed E-state index contributed by atoms with van der Waals surface area (Å²) in [6.07, 6.45) is -8.61. The van der Waals surface area contributed by atoms with Crippen molar-refractivity contribution in [3.63, 3.8) is 0 Å². The summed E-state index contributed by atoms with van der Waals surface area (Å²) < 4.78 is 18.7. The van der Waals surface area contributed by atoms with E-state index in [0.717, 1.165) is 0 Å². The molecule has 0 aromatic heterocycles. The molecule has 0 aromatic rings. The zero-order valence-corrected chi connectivity index (χ0v) is 17.5. The molecule has 0 bridgehead atoms. The fourth-order valence-electron chi connectivity index (χ4n) is 1.28. The van der Waals surface area contributed by atoms with Gasteiger partial charge in [-0.05, 0) is 0 Å². The van der Waals surface area contributed by atoms with Gasteiger partial charge < -0.3 is 49.5 Å². The topological polar surface area (TPSA) is 194 Å². The molecular formula is C6H13K2O10P. The third kappa shape index (κ3) is 8.53. The van der Waals surface area contributed by atoms with Gasteiger partial charge >= 0.3 is 103 Å². The Hall–Kier alpha value is 3.14. The Morgan fingerprint density at radius 2 is 1.58 bits per heavy atom. The van der Waals surface area contributed by atoms with Gasteiger partial charge in [-0.15, -0.1) is 0 Å². The van der Waals surface area contributed by atoms with Crippen molar-refractivity contribution < 1.29 is 152 Å². The van der Waals surface area contributed by atoms with Gasteiger partial charge in [0.1, 0.15) is 24.4 Å². The molecule has 104 valence electrons. The van der Waals surface area contributed by atoms with Crippen LogP contribution in [0.5, 0.6) is 0 Å². The van der Waals surface area contributed by atoms with Crippen LogP contribution in [0, 0.1) is 0 Å². The Balaban J connectivity index is -0.000000853. The van der Waals surface area contributed by atoms with Crippen LogP contribution < -0.4 is 113 Å². The predicted molar refractivity (Wildman–Crippen MR) is 46.1 cm³/mol. The van der Waals surface area contributed by atoms with E-state index in [2.05, 4.69) is 9.26 Å². The van der Waals surface area contributed by atoms with Crippen molar-refractivity contribution in [2.45, 2.75) is 30.7 Å². The summed E-state index contributed by atoms with van der Waals surface area (Å²) in [5.74, 6) is 0. The molecule has 1 rings (SSSR count). The smallest absolute Gasteiger partial charge is 0.790 e. The van der Waals surface area contributed by atoms with E-state index in [1.54, 1.807) is 0 Å². The minimum Gasteiger partial charge on any atom is -0.790 e. The molecule has 1 heterocycles. The summed E-state index contributed by atoms with van der Waals surface area (Å²) in [5.41, 5.74) is 0. The number of phosphoric ester groups is 1. The van der Waals surface area contributed by atoms with Crippen molar-refractivity contribution in [3.8, 4) is 0 Å². The average molecular weight is 354 g/mol. The molecule has 0 unspecified atom stereocenters. The molecule has 19 heavy (non-hydrogen) atoms. The normalized spacial score (nSPS) is 34.5. The molecule has 1 aliphatic heterocycles. The van der Waals surface area contributed by atoms with Crippen LogP contribution in [0.15, 0.2) is 0 Å². The molecule has 1 saturated heterocycles. The van der Waals surface area contributed by atoms with Crippen LogP contribution in [0.2, 0.25) is 0 Å². The van der Waals surface area contributed by atoms with Crippen molar-refractivity contribution in [1.82, 2.24) is 0 Å². The van der Waals surface area contributed by atoms with E-state index in [-0.39, 0.29) is 108 Å². The maximum Gasteiger partial charge on any atom is 1.00 e. The number of phosphoric acid groups is 1. The summed E-state index contributed by atoms with van der Waals surface area (Å²) in [4.78, 5) is 20.6. The van der Waals surface area contributed by atoms with Gasteiger partial charge in [-0.2, -0.15) is 0 Å². The van der Waals surface area contributed by atoms with Gasteiger partial charge in [0.05, 0.1) is 14.4 Å². The van der Waals surface area contributed by atoms with Gasteiger partial charge in [0.25, 0.3) is 0 Å². The van der Waals surface area contributed by atoms with E-state index >= 15 is 0 Å². The van der Waals surface area contributed by atoms with E-state index in [4.69, 9.17) is 5.11 Å². The SMILES string of the molecule is O.O=P([O-])([O-])O[C@H]1O[C@H](CO)[C@@H](O)[C@H](O)[C@H]1O.[K+].[K+]. The molecule has 13 heteroatoms. The second-order valence-electron chi connectivity index (χ2n) is 3.25. The van der Waals surface area contributed by atoms with Gasteiger partial charge in [0.15, 0.2) is 6.29 Å². The number of hydrogen-bond donors (Lipinski definition) is 4. The Kier molecular flexibility index (Phi) is 16.6. The Morgan fingerprint density at radius 1 is 1.11 bits per heavy atom. The van der Waals surface area contributed by atoms with Crippen LogP contribution in [0.25, 0.3) is 0 Å². The number of aliphatic hydroxyl groups is 4. The summed E-state index contributed by atoms with van der Waals surface area (Å²) in [6.45, 7) is -0.743. The van der Waals surface area contributed by atoms with Crippen LogP contribution in [-0.4, -0.2) is 63.2 Å². The minimum absolute atomic E-state index is 0. The Labute approximate surface area is 193 Å². The van der Waals surface area contributed by atoms with Crippen LogP contribution in [0.1, 0.15) is 0 Å². The fraction of sp³-hybridized carbons (Fsp3) is 1.00. The summed E-state index contributed by atoms with van der Waals surface area (Å²) in [5, 5.41) is 36.5. The standard InChI is InChI=1S/C6H13O9P.2K.H2O/c7-1-2-3(8)4(9)5(10)6(14-2)15-16(11,12)13;;;/h2-10H,1H2,(H2,11,12,13);;;1H2/q;2*+1;/p-2/t2-,3-,4+,5-,6-;;;/m1.../s1. The maximum absolute atomic E-state index is 10.3. The third-order valence-electron chi connectivity index (χ3n) is 2.08. The Morgan fingerprint density at radius 3 is 1.95 bits per heavy atom. The molecule has 1 fully saturated rings. The van der Waals surface area contributed by atoms with E-state index < -0.39 is 45.1 Å². The average Bonchev–Trinajstić information content (AvgIpc) is 2.17. The first-order chi connectivity index (χ1) is 7.26. The quantitative estimate of drug-likeness (QED) is 0.281. The molecule has 1 aliphatic rings. The van der Waals surface area contributed by atoms with Gasteiger partial charge in [-0.25, -0.2) is 0 Å². The molecule has 0 radical (unpaired) electrons. The summed E-state index contributed by atoms with van der Waals surface area (Å²) in [6, 6.07) is 0. The molecule has 6 N–H and O–H groups in total. The van der Waals surface area contributed by atoms with E-state index in [1.165, 1.54) is 0 Å². The largest absolute Gasteiger partial charge is 1.00 e. The molecule has 5 atom stereocenters. The summed E-state index contributed by atoms with van der Waals surface area (Å²) in [7, 11) is -5.41. The monoisotopic (exact) mass is 354 g/mol. The van der Waals surface area contributed by atoms with Crippen LogP contribution in [0.4, 0.5) is 0 Å². The molecule has 0 amide bonds. The molecule has 0 saturated carbocycles. The van der Waals surface area contributed by atoms with E-state index in [1.807, 2.05) is 0 Å². The van der Waals surface area contributed by atoms with Gasteiger partial charge in [-0.1, -0.05) is 0 Å².